The fraction of sp³-hybridized carbons (Fsp3) is 0.857. The van der Waals surface area contributed by atoms with E-state index in [4.69, 9.17) is 0 Å². The van der Waals surface area contributed by atoms with Crippen LogP contribution in [0.3, 0.4) is 0 Å². The van der Waals surface area contributed by atoms with E-state index in [2.05, 4.69) is 19.2 Å². The number of hydrogen-bond donors (Lipinski definition) is 1. The normalized spacial score (nSPS) is 19.0. The van der Waals surface area contributed by atoms with Crippen molar-refractivity contribution in [3.05, 3.63) is 0 Å². The van der Waals surface area contributed by atoms with E-state index in [1.54, 1.807) is 23.9 Å². The molecule has 0 radical (unpaired) electrons. The van der Waals surface area contributed by atoms with Crippen LogP contribution in [0.15, 0.2) is 0 Å². The Balaban J connectivity index is 2.40. The van der Waals surface area contributed by atoms with Gasteiger partial charge in [-0.1, -0.05) is 13.8 Å². The summed E-state index contributed by atoms with van der Waals surface area (Å²) in [5, 5.41) is 3.30. The third-order valence-corrected chi connectivity index (χ3v) is 3.42. The molecule has 0 saturated carbocycles. The van der Waals surface area contributed by atoms with E-state index in [-0.39, 0.29) is 17.9 Å². The van der Waals surface area contributed by atoms with Crippen LogP contribution in [-0.4, -0.2) is 60.9 Å². The Bertz CT molecular complexity index is 316. The molecule has 5 nitrogen and oxygen atoms in total. The maximum atomic E-state index is 12.2. The number of carbonyl (C=O) groups excluding carboxylic acids is 2. The summed E-state index contributed by atoms with van der Waals surface area (Å²) in [4.78, 5) is 27.5. The Kier molecular flexibility index (Phi) is 6.28. The van der Waals surface area contributed by atoms with Crippen molar-refractivity contribution in [3.8, 4) is 0 Å². The Hall–Kier alpha value is -1.10. The molecule has 1 aliphatic rings. The number of nitrogens with zero attached hydrogens (tertiary/aromatic N) is 2. The predicted molar refractivity (Wildman–Crippen MR) is 75.8 cm³/mol. The maximum Gasteiger partial charge on any atom is 0.244 e. The minimum absolute atomic E-state index is 0.0474. The number of rotatable bonds is 6. The van der Waals surface area contributed by atoms with Crippen molar-refractivity contribution in [2.24, 2.45) is 0 Å². The van der Waals surface area contributed by atoms with Gasteiger partial charge < -0.3 is 15.1 Å². The minimum atomic E-state index is -0.236. The van der Waals surface area contributed by atoms with Crippen molar-refractivity contribution in [2.75, 3.05) is 27.2 Å². The lowest BCUT2D eigenvalue weighted by molar-refractivity contribution is -0.142. The second kappa shape index (κ2) is 7.48. The van der Waals surface area contributed by atoms with Gasteiger partial charge in [0.05, 0.1) is 0 Å². The molecule has 1 rings (SSSR count). The van der Waals surface area contributed by atoms with Gasteiger partial charge in [0, 0.05) is 33.1 Å². The first-order valence-corrected chi connectivity index (χ1v) is 7.17. The van der Waals surface area contributed by atoms with Gasteiger partial charge in [-0.25, -0.2) is 0 Å². The highest BCUT2D eigenvalue weighted by molar-refractivity contribution is 5.88. The summed E-state index contributed by atoms with van der Waals surface area (Å²) in [6.45, 7) is 5.76. The molecular weight excluding hydrogens is 242 g/mol. The zero-order valence-corrected chi connectivity index (χ0v) is 12.6. The molecule has 5 heteroatoms. The first kappa shape index (κ1) is 16.0. The molecule has 0 aliphatic carbocycles. The van der Waals surface area contributed by atoms with Crippen molar-refractivity contribution in [1.82, 2.24) is 15.1 Å². The van der Waals surface area contributed by atoms with Crippen LogP contribution < -0.4 is 5.32 Å². The van der Waals surface area contributed by atoms with Gasteiger partial charge in [-0.3, -0.25) is 9.59 Å². The standard InChI is InChI=1S/C14H27N3O2/c1-11(2)15-9-5-8-13(18)17-10-6-7-12(17)14(19)16(3)4/h11-12,15H,5-10H2,1-4H3. The molecule has 1 unspecified atom stereocenters. The van der Waals surface area contributed by atoms with Crippen molar-refractivity contribution in [3.63, 3.8) is 0 Å². The van der Waals surface area contributed by atoms with Crippen molar-refractivity contribution >= 4 is 11.8 Å². The summed E-state index contributed by atoms with van der Waals surface area (Å²) in [6, 6.07) is 0.213. The van der Waals surface area contributed by atoms with Crippen LogP contribution in [0.5, 0.6) is 0 Å². The smallest absolute Gasteiger partial charge is 0.244 e. The van der Waals surface area contributed by atoms with Crippen LogP contribution in [-0.2, 0) is 9.59 Å². The van der Waals surface area contributed by atoms with E-state index in [1.807, 2.05) is 0 Å². The van der Waals surface area contributed by atoms with Crippen molar-refractivity contribution < 1.29 is 9.59 Å². The molecule has 110 valence electrons. The third-order valence-electron chi connectivity index (χ3n) is 3.42. The lowest BCUT2D eigenvalue weighted by Crippen LogP contribution is -2.45. The zero-order valence-electron chi connectivity index (χ0n) is 12.6. The number of hydrogen-bond acceptors (Lipinski definition) is 3. The number of likely N-dealkylation sites (N-methyl/N-ethyl adjacent to an activating group) is 1. The molecule has 0 aromatic rings. The third kappa shape index (κ3) is 4.82. The Morgan fingerprint density at radius 2 is 2.05 bits per heavy atom. The monoisotopic (exact) mass is 269 g/mol. The predicted octanol–water partition coefficient (Wildman–Crippen LogP) is 0.844. The second-order valence-corrected chi connectivity index (χ2v) is 5.69. The Morgan fingerprint density at radius 3 is 2.63 bits per heavy atom. The molecular formula is C14H27N3O2. The van der Waals surface area contributed by atoms with E-state index in [0.717, 1.165) is 32.4 Å². The highest BCUT2D eigenvalue weighted by atomic mass is 16.2. The molecule has 1 N–H and O–H groups in total. The minimum Gasteiger partial charge on any atom is -0.347 e. The molecule has 0 bridgehead atoms. The summed E-state index contributed by atoms with van der Waals surface area (Å²) >= 11 is 0. The first-order valence-electron chi connectivity index (χ1n) is 7.17. The number of likely N-dealkylation sites (tertiary alicyclic amines) is 1. The molecule has 1 heterocycles. The van der Waals surface area contributed by atoms with Crippen molar-refractivity contribution in [2.45, 2.75) is 51.6 Å². The van der Waals surface area contributed by atoms with Crippen LogP contribution in [0.25, 0.3) is 0 Å². The number of nitrogens with one attached hydrogen (secondary N) is 1. The fourth-order valence-electron chi connectivity index (χ4n) is 2.39. The summed E-state index contributed by atoms with van der Waals surface area (Å²) in [7, 11) is 3.49. The van der Waals surface area contributed by atoms with Crippen LogP contribution in [0.1, 0.15) is 39.5 Å². The van der Waals surface area contributed by atoms with Gasteiger partial charge in [-0.05, 0) is 25.8 Å². The van der Waals surface area contributed by atoms with Crippen LogP contribution in [0, 0.1) is 0 Å². The molecule has 19 heavy (non-hydrogen) atoms. The van der Waals surface area contributed by atoms with E-state index < -0.39 is 0 Å². The summed E-state index contributed by atoms with van der Waals surface area (Å²) in [6.07, 6.45) is 3.08. The SMILES string of the molecule is CC(C)NCCCC(=O)N1CCCC1C(=O)N(C)C. The van der Waals surface area contributed by atoms with E-state index in [1.165, 1.54) is 0 Å². The molecule has 0 aromatic heterocycles. The summed E-state index contributed by atoms with van der Waals surface area (Å²) in [5.41, 5.74) is 0. The van der Waals surface area contributed by atoms with Crippen LogP contribution in [0.2, 0.25) is 0 Å². The summed E-state index contributed by atoms with van der Waals surface area (Å²) < 4.78 is 0. The van der Waals surface area contributed by atoms with Gasteiger partial charge in [0.2, 0.25) is 11.8 Å². The molecule has 1 atom stereocenters. The average molecular weight is 269 g/mol. The van der Waals surface area contributed by atoms with E-state index in [0.29, 0.717) is 12.5 Å². The van der Waals surface area contributed by atoms with E-state index >= 15 is 0 Å². The highest BCUT2D eigenvalue weighted by Crippen LogP contribution is 2.20. The van der Waals surface area contributed by atoms with Gasteiger partial charge in [0.15, 0.2) is 0 Å². The summed E-state index contributed by atoms with van der Waals surface area (Å²) in [5.74, 6) is 0.161. The zero-order chi connectivity index (χ0) is 14.4. The molecule has 1 fully saturated rings. The van der Waals surface area contributed by atoms with Gasteiger partial charge >= 0.3 is 0 Å². The van der Waals surface area contributed by atoms with E-state index in [9.17, 15) is 9.59 Å². The average Bonchev–Trinajstić information content (AvgIpc) is 2.82. The quantitative estimate of drug-likeness (QED) is 0.727. The van der Waals surface area contributed by atoms with Crippen molar-refractivity contribution in [1.29, 1.82) is 0 Å². The second-order valence-electron chi connectivity index (χ2n) is 5.69. The molecule has 0 spiro atoms. The van der Waals surface area contributed by atoms with Gasteiger partial charge in [-0.15, -0.1) is 0 Å². The van der Waals surface area contributed by atoms with Gasteiger partial charge in [-0.2, -0.15) is 0 Å². The maximum absolute atomic E-state index is 12.2. The Morgan fingerprint density at radius 1 is 1.37 bits per heavy atom. The lowest BCUT2D eigenvalue weighted by atomic mass is 10.2. The molecule has 1 saturated heterocycles. The first-order chi connectivity index (χ1) is 8.93. The van der Waals surface area contributed by atoms with Crippen LogP contribution >= 0.6 is 0 Å². The van der Waals surface area contributed by atoms with Crippen LogP contribution in [0.4, 0.5) is 0 Å². The lowest BCUT2D eigenvalue weighted by Gasteiger charge is -2.26. The van der Waals surface area contributed by atoms with Gasteiger partial charge in [0.1, 0.15) is 6.04 Å². The number of amides is 2. The number of carbonyl (C=O) groups is 2. The Labute approximate surface area is 116 Å². The topological polar surface area (TPSA) is 52.7 Å². The fourth-order valence-corrected chi connectivity index (χ4v) is 2.39. The molecule has 0 aromatic carbocycles. The molecule has 1 aliphatic heterocycles. The largest absolute Gasteiger partial charge is 0.347 e. The van der Waals surface area contributed by atoms with Gasteiger partial charge in [0.25, 0.3) is 0 Å². The molecule has 2 amide bonds. The highest BCUT2D eigenvalue weighted by Gasteiger charge is 2.34.